The maximum Gasteiger partial charge on any atom is 0.0474 e. The lowest BCUT2D eigenvalue weighted by molar-refractivity contribution is 0.202. The van der Waals surface area contributed by atoms with Crippen LogP contribution in [0.1, 0.15) is 33.1 Å². The van der Waals surface area contributed by atoms with E-state index in [4.69, 9.17) is 5.11 Å². The Kier molecular flexibility index (Phi) is 3.34. The first kappa shape index (κ1) is 9.01. The van der Waals surface area contributed by atoms with E-state index in [1.165, 1.54) is 19.3 Å². The first-order valence-electron chi connectivity index (χ1n) is 4.61. The molecule has 0 spiro atoms. The molecule has 1 rings (SSSR count). The average molecular weight is 157 g/mol. The Morgan fingerprint density at radius 1 is 1.45 bits per heavy atom. The molecule has 0 amide bonds. The second-order valence-corrected chi connectivity index (χ2v) is 3.80. The van der Waals surface area contributed by atoms with Gasteiger partial charge in [0.2, 0.25) is 0 Å². The molecule has 1 fully saturated rings. The molecule has 2 heteroatoms. The number of rotatable bonds is 3. The van der Waals surface area contributed by atoms with Gasteiger partial charge in [0.25, 0.3) is 0 Å². The molecule has 1 aliphatic carbocycles. The minimum absolute atomic E-state index is 0.352. The number of aliphatic hydroxyl groups is 1. The Balaban J connectivity index is 2.31. The van der Waals surface area contributed by atoms with E-state index in [0.29, 0.717) is 24.6 Å². The molecule has 0 unspecified atom stereocenters. The average Bonchev–Trinajstić information content (AvgIpc) is 2.34. The molecule has 0 aliphatic heterocycles. The van der Waals surface area contributed by atoms with Gasteiger partial charge in [0.05, 0.1) is 0 Å². The van der Waals surface area contributed by atoms with Gasteiger partial charge in [-0.3, -0.25) is 0 Å². The smallest absolute Gasteiger partial charge is 0.0474 e. The second-order valence-electron chi connectivity index (χ2n) is 3.80. The van der Waals surface area contributed by atoms with Crippen LogP contribution in [0.2, 0.25) is 0 Å². The zero-order chi connectivity index (χ0) is 8.27. The van der Waals surface area contributed by atoms with Gasteiger partial charge in [-0.1, -0.05) is 20.3 Å². The van der Waals surface area contributed by atoms with Gasteiger partial charge in [-0.05, 0) is 18.8 Å². The van der Waals surface area contributed by atoms with Crippen molar-refractivity contribution in [3.63, 3.8) is 0 Å². The van der Waals surface area contributed by atoms with Crippen molar-refractivity contribution in [2.75, 3.05) is 6.61 Å². The lowest BCUT2D eigenvalue weighted by Crippen LogP contribution is -2.38. The highest BCUT2D eigenvalue weighted by Crippen LogP contribution is 2.25. The van der Waals surface area contributed by atoms with Crippen LogP contribution in [0.4, 0.5) is 0 Å². The van der Waals surface area contributed by atoms with Crippen molar-refractivity contribution < 1.29 is 5.11 Å². The summed E-state index contributed by atoms with van der Waals surface area (Å²) in [6, 6.07) is 1.12. The van der Waals surface area contributed by atoms with E-state index in [1.54, 1.807) is 0 Å². The van der Waals surface area contributed by atoms with Crippen LogP contribution in [0.15, 0.2) is 0 Å². The first-order chi connectivity index (χ1) is 5.24. The molecule has 11 heavy (non-hydrogen) atoms. The summed E-state index contributed by atoms with van der Waals surface area (Å²) in [6.07, 6.45) is 3.71. The van der Waals surface area contributed by atoms with Crippen molar-refractivity contribution in [2.45, 2.75) is 45.2 Å². The van der Waals surface area contributed by atoms with E-state index in [1.807, 2.05) is 0 Å². The van der Waals surface area contributed by atoms with Crippen molar-refractivity contribution in [3.8, 4) is 0 Å². The quantitative estimate of drug-likeness (QED) is 0.644. The predicted molar refractivity (Wildman–Crippen MR) is 46.5 cm³/mol. The summed E-state index contributed by atoms with van der Waals surface area (Å²) >= 11 is 0. The number of aliphatic hydroxyl groups excluding tert-OH is 1. The summed E-state index contributed by atoms with van der Waals surface area (Å²) in [7, 11) is 0. The molecule has 0 aromatic heterocycles. The third-order valence-electron chi connectivity index (χ3n) is 2.44. The molecule has 66 valence electrons. The highest BCUT2D eigenvalue weighted by atomic mass is 16.3. The lowest BCUT2D eigenvalue weighted by Gasteiger charge is -2.21. The van der Waals surface area contributed by atoms with Crippen molar-refractivity contribution in [2.24, 2.45) is 5.92 Å². The molecule has 2 atom stereocenters. The molecule has 0 saturated heterocycles. The SMILES string of the molecule is CC(C)N[C@@H]1CCC[C@@H]1CO. The van der Waals surface area contributed by atoms with Crippen LogP contribution in [0.3, 0.4) is 0 Å². The summed E-state index contributed by atoms with van der Waals surface area (Å²) in [5, 5.41) is 12.5. The number of hydrogen-bond donors (Lipinski definition) is 2. The van der Waals surface area contributed by atoms with Crippen molar-refractivity contribution >= 4 is 0 Å². The van der Waals surface area contributed by atoms with Gasteiger partial charge in [-0.25, -0.2) is 0 Å². The van der Waals surface area contributed by atoms with Gasteiger partial charge >= 0.3 is 0 Å². The maximum absolute atomic E-state index is 9.01. The Morgan fingerprint density at radius 2 is 2.18 bits per heavy atom. The summed E-state index contributed by atoms with van der Waals surface area (Å²) in [5.41, 5.74) is 0. The Hall–Kier alpha value is -0.0800. The molecule has 2 nitrogen and oxygen atoms in total. The third kappa shape index (κ3) is 2.46. The van der Waals surface area contributed by atoms with Crippen molar-refractivity contribution in [1.82, 2.24) is 5.32 Å². The molecule has 0 radical (unpaired) electrons. The van der Waals surface area contributed by atoms with E-state index >= 15 is 0 Å². The van der Waals surface area contributed by atoms with Crippen molar-refractivity contribution in [3.05, 3.63) is 0 Å². The van der Waals surface area contributed by atoms with Gasteiger partial charge < -0.3 is 10.4 Å². The standard InChI is InChI=1S/C9H19NO/c1-7(2)10-9-5-3-4-8(9)6-11/h7-11H,3-6H2,1-2H3/t8-,9-/m1/s1. The first-order valence-corrected chi connectivity index (χ1v) is 4.61. The Labute approximate surface area is 69.0 Å². The molecular formula is C9H19NO. The van der Waals surface area contributed by atoms with Crippen LogP contribution < -0.4 is 5.32 Å². The fourth-order valence-corrected chi connectivity index (χ4v) is 1.90. The number of hydrogen-bond acceptors (Lipinski definition) is 2. The second kappa shape index (κ2) is 4.07. The van der Waals surface area contributed by atoms with Crippen LogP contribution >= 0.6 is 0 Å². The van der Waals surface area contributed by atoms with Crippen LogP contribution in [-0.2, 0) is 0 Å². The van der Waals surface area contributed by atoms with Crippen LogP contribution in [0.25, 0.3) is 0 Å². The monoisotopic (exact) mass is 157 g/mol. The maximum atomic E-state index is 9.01. The largest absolute Gasteiger partial charge is 0.396 e. The molecule has 2 N–H and O–H groups in total. The van der Waals surface area contributed by atoms with E-state index in [0.717, 1.165) is 0 Å². The molecule has 0 aromatic carbocycles. The highest BCUT2D eigenvalue weighted by Gasteiger charge is 2.26. The number of nitrogens with one attached hydrogen (secondary N) is 1. The highest BCUT2D eigenvalue weighted by molar-refractivity contribution is 4.83. The summed E-state index contributed by atoms with van der Waals surface area (Å²) in [6.45, 7) is 4.67. The zero-order valence-electron chi connectivity index (χ0n) is 7.51. The Morgan fingerprint density at radius 3 is 2.73 bits per heavy atom. The molecule has 1 aliphatic rings. The van der Waals surface area contributed by atoms with Crippen molar-refractivity contribution in [1.29, 1.82) is 0 Å². The molecular weight excluding hydrogens is 138 g/mol. The minimum Gasteiger partial charge on any atom is -0.396 e. The van der Waals surface area contributed by atoms with E-state index in [-0.39, 0.29) is 0 Å². The van der Waals surface area contributed by atoms with Crippen LogP contribution in [-0.4, -0.2) is 23.8 Å². The van der Waals surface area contributed by atoms with Crippen LogP contribution in [0.5, 0.6) is 0 Å². The van der Waals surface area contributed by atoms with E-state index in [2.05, 4.69) is 19.2 Å². The normalized spacial score (nSPS) is 31.6. The van der Waals surface area contributed by atoms with Gasteiger partial charge in [-0.15, -0.1) is 0 Å². The Bertz CT molecular complexity index is 114. The zero-order valence-corrected chi connectivity index (χ0v) is 7.51. The van der Waals surface area contributed by atoms with E-state index in [9.17, 15) is 0 Å². The lowest BCUT2D eigenvalue weighted by atomic mass is 10.0. The predicted octanol–water partition coefficient (Wildman–Crippen LogP) is 1.15. The fourth-order valence-electron chi connectivity index (χ4n) is 1.90. The molecule has 1 saturated carbocycles. The third-order valence-corrected chi connectivity index (χ3v) is 2.44. The molecule has 0 aromatic rings. The summed E-state index contributed by atoms with van der Waals surface area (Å²) in [5.74, 6) is 0.511. The van der Waals surface area contributed by atoms with Gasteiger partial charge in [0.1, 0.15) is 0 Å². The molecule has 0 bridgehead atoms. The summed E-state index contributed by atoms with van der Waals surface area (Å²) in [4.78, 5) is 0. The minimum atomic E-state index is 0.352. The molecule has 0 heterocycles. The topological polar surface area (TPSA) is 32.3 Å². The van der Waals surface area contributed by atoms with Gasteiger partial charge in [0.15, 0.2) is 0 Å². The van der Waals surface area contributed by atoms with E-state index < -0.39 is 0 Å². The summed E-state index contributed by atoms with van der Waals surface area (Å²) < 4.78 is 0. The van der Waals surface area contributed by atoms with Gasteiger partial charge in [-0.2, -0.15) is 0 Å². The van der Waals surface area contributed by atoms with Gasteiger partial charge in [0, 0.05) is 18.7 Å². The fraction of sp³-hybridized carbons (Fsp3) is 1.00. The van der Waals surface area contributed by atoms with Crippen LogP contribution in [0, 0.1) is 5.92 Å².